The van der Waals surface area contributed by atoms with Crippen LogP contribution in [0.1, 0.15) is 53.7 Å². The van der Waals surface area contributed by atoms with Crippen LogP contribution in [-0.4, -0.2) is 5.78 Å². The van der Waals surface area contributed by atoms with E-state index in [0.717, 1.165) is 18.4 Å². The molecule has 0 aromatic heterocycles. The Morgan fingerprint density at radius 1 is 1.19 bits per heavy atom. The first-order chi connectivity index (χ1) is 7.39. The minimum Gasteiger partial charge on any atom is -0.294 e. The molecule has 0 spiro atoms. The summed E-state index contributed by atoms with van der Waals surface area (Å²) in [5, 5.41) is 0. The molecule has 0 saturated heterocycles. The molecule has 0 aliphatic heterocycles. The topological polar surface area (TPSA) is 17.1 Å². The van der Waals surface area contributed by atoms with E-state index in [1.807, 2.05) is 0 Å². The van der Waals surface area contributed by atoms with Crippen LogP contribution >= 0.6 is 0 Å². The van der Waals surface area contributed by atoms with Crippen LogP contribution in [0.15, 0.2) is 12.1 Å². The molecule has 2 rings (SSSR count). The predicted octanol–water partition coefficient (Wildman–Crippen LogP) is 3.85. The maximum atomic E-state index is 12.2. The van der Waals surface area contributed by atoms with E-state index in [9.17, 15) is 4.79 Å². The van der Waals surface area contributed by atoms with Crippen LogP contribution in [0.2, 0.25) is 0 Å². The van der Waals surface area contributed by atoms with Crippen LogP contribution < -0.4 is 0 Å². The second-order valence-electron chi connectivity index (χ2n) is 5.87. The van der Waals surface area contributed by atoms with Crippen molar-refractivity contribution in [1.82, 2.24) is 0 Å². The van der Waals surface area contributed by atoms with Crippen molar-refractivity contribution in [1.29, 1.82) is 0 Å². The lowest BCUT2D eigenvalue weighted by atomic mass is 9.84. The largest absolute Gasteiger partial charge is 0.294 e. The first kappa shape index (κ1) is 11.4. The number of aryl methyl sites for hydroxylation is 2. The summed E-state index contributed by atoms with van der Waals surface area (Å²) in [6.07, 6.45) is 2.83. The molecule has 0 heterocycles. The Hall–Kier alpha value is -1.11. The summed E-state index contributed by atoms with van der Waals surface area (Å²) in [4.78, 5) is 12.2. The molecule has 1 aliphatic rings. The molecule has 0 fully saturated rings. The lowest BCUT2D eigenvalue weighted by molar-refractivity contribution is 0.0934. The van der Waals surface area contributed by atoms with Gasteiger partial charge in [0.1, 0.15) is 0 Å². The van der Waals surface area contributed by atoms with Gasteiger partial charge < -0.3 is 0 Å². The number of hydrogen-bond donors (Lipinski definition) is 0. The van der Waals surface area contributed by atoms with Crippen molar-refractivity contribution in [3.8, 4) is 0 Å². The fourth-order valence-corrected chi connectivity index (χ4v) is 2.66. The summed E-state index contributed by atoms with van der Waals surface area (Å²) in [5.74, 6) is 0.323. The molecule has 0 amide bonds. The van der Waals surface area contributed by atoms with Crippen LogP contribution in [0.25, 0.3) is 0 Å². The van der Waals surface area contributed by atoms with Crippen LogP contribution in [0.3, 0.4) is 0 Å². The maximum Gasteiger partial charge on any atom is 0.163 e. The quantitative estimate of drug-likeness (QED) is 0.602. The second-order valence-corrected chi connectivity index (χ2v) is 5.87. The van der Waals surface area contributed by atoms with Gasteiger partial charge in [-0.15, -0.1) is 0 Å². The van der Waals surface area contributed by atoms with Crippen LogP contribution in [-0.2, 0) is 6.42 Å². The Balaban J connectivity index is 2.53. The lowest BCUT2D eigenvalue weighted by Crippen LogP contribution is -2.14. The number of carbonyl (C=O) groups is 1. The summed E-state index contributed by atoms with van der Waals surface area (Å²) in [6, 6.07) is 4.25. The highest BCUT2D eigenvalue weighted by Gasteiger charge is 2.28. The van der Waals surface area contributed by atoms with Crippen molar-refractivity contribution in [2.75, 3.05) is 0 Å². The summed E-state index contributed by atoms with van der Waals surface area (Å²) in [6.45, 7) is 8.58. The summed E-state index contributed by atoms with van der Waals surface area (Å²) < 4.78 is 0. The Morgan fingerprint density at radius 2 is 1.88 bits per heavy atom. The standard InChI is InChI=1S/C15H20O/c1-10-7-11(2)12-5-6-15(3,4)9-14(16)13(12)8-10/h7-8H,5-6,9H2,1-4H3. The third-order valence-corrected chi connectivity index (χ3v) is 3.61. The lowest BCUT2D eigenvalue weighted by Gasteiger charge is -2.20. The monoisotopic (exact) mass is 216 g/mol. The van der Waals surface area contributed by atoms with Gasteiger partial charge in [-0.25, -0.2) is 0 Å². The average Bonchev–Trinajstić information content (AvgIpc) is 2.23. The smallest absolute Gasteiger partial charge is 0.163 e. The molecular formula is C15H20O. The van der Waals surface area contributed by atoms with Crippen LogP contribution in [0.4, 0.5) is 0 Å². The summed E-state index contributed by atoms with van der Waals surface area (Å²) in [5.41, 5.74) is 4.88. The van der Waals surface area contributed by atoms with Gasteiger partial charge in [0.25, 0.3) is 0 Å². The van der Waals surface area contributed by atoms with Crippen LogP contribution in [0, 0.1) is 19.3 Å². The molecule has 0 saturated carbocycles. The average molecular weight is 216 g/mol. The highest BCUT2D eigenvalue weighted by atomic mass is 16.1. The third-order valence-electron chi connectivity index (χ3n) is 3.61. The zero-order chi connectivity index (χ0) is 11.9. The highest BCUT2D eigenvalue weighted by Crippen LogP contribution is 2.35. The van der Waals surface area contributed by atoms with E-state index in [4.69, 9.17) is 0 Å². The predicted molar refractivity (Wildman–Crippen MR) is 67.0 cm³/mol. The van der Waals surface area contributed by atoms with Crippen molar-refractivity contribution in [2.24, 2.45) is 5.41 Å². The molecule has 0 N–H and O–H groups in total. The van der Waals surface area contributed by atoms with E-state index in [2.05, 4.69) is 39.8 Å². The van der Waals surface area contributed by atoms with Gasteiger partial charge in [-0.05, 0) is 49.3 Å². The number of fused-ring (bicyclic) bond motifs is 1. The third kappa shape index (κ3) is 2.04. The van der Waals surface area contributed by atoms with E-state index in [0.29, 0.717) is 12.2 Å². The van der Waals surface area contributed by atoms with E-state index < -0.39 is 0 Å². The first-order valence-corrected chi connectivity index (χ1v) is 6.02. The van der Waals surface area contributed by atoms with Gasteiger partial charge >= 0.3 is 0 Å². The molecule has 0 unspecified atom stereocenters. The SMILES string of the molecule is Cc1cc(C)c2c(c1)C(=O)CC(C)(C)CC2. The Bertz CT molecular complexity index is 441. The number of ketones is 1. The van der Waals surface area contributed by atoms with Gasteiger partial charge in [0.05, 0.1) is 0 Å². The molecule has 0 atom stereocenters. The van der Waals surface area contributed by atoms with Crippen molar-refractivity contribution in [2.45, 2.75) is 47.0 Å². The van der Waals surface area contributed by atoms with Crippen LogP contribution in [0.5, 0.6) is 0 Å². The number of Topliss-reactive ketones (excluding diaryl/α,β-unsaturated/α-hetero) is 1. The van der Waals surface area contributed by atoms with Crippen molar-refractivity contribution in [3.05, 3.63) is 34.4 Å². The fourth-order valence-electron chi connectivity index (χ4n) is 2.66. The normalized spacial score (nSPS) is 19.1. The van der Waals surface area contributed by atoms with Crippen molar-refractivity contribution in [3.63, 3.8) is 0 Å². The van der Waals surface area contributed by atoms with Gasteiger partial charge in [-0.3, -0.25) is 4.79 Å². The van der Waals surface area contributed by atoms with Crippen molar-refractivity contribution >= 4 is 5.78 Å². The number of carbonyl (C=O) groups excluding carboxylic acids is 1. The highest BCUT2D eigenvalue weighted by molar-refractivity contribution is 5.98. The molecule has 0 radical (unpaired) electrons. The number of benzene rings is 1. The molecule has 1 aromatic carbocycles. The fraction of sp³-hybridized carbons (Fsp3) is 0.533. The van der Waals surface area contributed by atoms with Gasteiger partial charge in [0.2, 0.25) is 0 Å². The Morgan fingerprint density at radius 3 is 2.56 bits per heavy atom. The maximum absolute atomic E-state index is 12.2. The zero-order valence-corrected chi connectivity index (χ0v) is 10.7. The van der Waals surface area contributed by atoms with Gasteiger partial charge in [-0.1, -0.05) is 25.5 Å². The first-order valence-electron chi connectivity index (χ1n) is 6.02. The zero-order valence-electron chi connectivity index (χ0n) is 10.7. The Kier molecular flexibility index (Phi) is 2.65. The molecule has 1 aromatic rings. The second kappa shape index (κ2) is 3.73. The van der Waals surface area contributed by atoms with E-state index in [1.165, 1.54) is 16.7 Å². The number of hydrogen-bond acceptors (Lipinski definition) is 1. The molecule has 1 nitrogen and oxygen atoms in total. The minimum atomic E-state index is 0.149. The summed E-state index contributed by atoms with van der Waals surface area (Å²) >= 11 is 0. The van der Waals surface area contributed by atoms with Gasteiger partial charge in [0, 0.05) is 12.0 Å². The molecule has 1 aliphatic carbocycles. The van der Waals surface area contributed by atoms with E-state index in [-0.39, 0.29) is 5.41 Å². The molecular weight excluding hydrogens is 196 g/mol. The summed E-state index contributed by atoms with van der Waals surface area (Å²) in [7, 11) is 0. The van der Waals surface area contributed by atoms with Gasteiger partial charge in [-0.2, -0.15) is 0 Å². The molecule has 86 valence electrons. The van der Waals surface area contributed by atoms with Gasteiger partial charge in [0.15, 0.2) is 5.78 Å². The minimum absolute atomic E-state index is 0.149. The van der Waals surface area contributed by atoms with E-state index >= 15 is 0 Å². The molecule has 0 bridgehead atoms. The van der Waals surface area contributed by atoms with E-state index in [1.54, 1.807) is 0 Å². The molecule has 16 heavy (non-hydrogen) atoms. The van der Waals surface area contributed by atoms with Crippen molar-refractivity contribution < 1.29 is 4.79 Å². The number of rotatable bonds is 0. The molecule has 1 heteroatoms. The Labute approximate surface area is 97.9 Å².